The summed E-state index contributed by atoms with van der Waals surface area (Å²) in [4.78, 5) is 11.6. The van der Waals surface area contributed by atoms with Gasteiger partial charge in [0.05, 0.1) is 11.7 Å². The van der Waals surface area contributed by atoms with Crippen molar-refractivity contribution in [1.82, 2.24) is 5.32 Å². The summed E-state index contributed by atoms with van der Waals surface area (Å²) in [6.45, 7) is 1.06. The quantitative estimate of drug-likeness (QED) is 0.877. The number of ether oxygens (including phenoxy) is 1. The lowest BCUT2D eigenvalue weighted by Crippen LogP contribution is -2.32. The summed E-state index contributed by atoms with van der Waals surface area (Å²) in [5.74, 6) is -2.09. The summed E-state index contributed by atoms with van der Waals surface area (Å²) in [5, 5.41) is 2.57. The fraction of sp³-hybridized carbons (Fsp3) is 0.417. The third-order valence-corrected chi connectivity index (χ3v) is 2.69. The molecular formula is C12H13F2NO2. The van der Waals surface area contributed by atoms with Crippen molar-refractivity contribution in [3.05, 3.63) is 35.4 Å². The first-order valence-corrected chi connectivity index (χ1v) is 5.51. The molecule has 1 aliphatic rings. The molecule has 17 heavy (non-hydrogen) atoms. The lowest BCUT2D eigenvalue weighted by Gasteiger charge is -2.11. The molecule has 1 heterocycles. The SMILES string of the molecule is O=C(NC[C@H]1CCCO1)c1ccc(F)cc1F. The van der Waals surface area contributed by atoms with Gasteiger partial charge in [-0.15, -0.1) is 0 Å². The van der Waals surface area contributed by atoms with Crippen molar-refractivity contribution in [1.29, 1.82) is 0 Å². The molecule has 2 rings (SSSR count). The van der Waals surface area contributed by atoms with Gasteiger partial charge in [0.1, 0.15) is 11.6 Å². The molecule has 1 amide bonds. The van der Waals surface area contributed by atoms with Crippen molar-refractivity contribution < 1.29 is 18.3 Å². The average Bonchev–Trinajstić information content (AvgIpc) is 2.78. The summed E-state index contributed by atoms with van der Waals surface area (Å²) in [6.07, 6.45) is 1.87. The van der Waals surface area contributed by atoms with Crippen molar-refractivity contribution in [2.75, 3.05) is 13.2 Å². The number of halogens is 2. The smallest absolute Gasteiger partial charge is 0.254 e. The zero-order valence-electron chi connectivity index (χ0n) is 9.21. The van der Waals surface area contributed by atoms with Gasteiger partial charge in [-0.2, -0.15) is 0 Å². The number of carbonyl (C=O) groups excluding carboxylic acids is 1. The van der Waals surface area contributed by atoms with E-state index in [9.17, 15) is 13.6 Å². The Morgan fingerprint density at radius 1 is 1.47 bits per heavy atom. The number of hydrogen-bond donors (Lipinski definition) is 1. The number of benzene rings is 1. The highest BCUT2D eigenvalue weighted by Crippen LogP contribution is 2.12. The van der Waals surface area contributed by atoms with Crippen LogP contribution in [0.1, 0.15) is 23.2 Å². The van der Waals surface area contributed by atoms with Gasteiger partial charge in [-0.3, -0.25) is 4.79 Å². The molecule has 0 aliphatic carbocycles. The van der Waals surface area contributed by atoms with Gasteiger partial charge in [0.15, 0.2) is 0 Å². The van der Waals surface area contributed by atoms with Gasteiger partial charge >= 0.3 is 0 Å². The topological polar surface area (TPSA) is 38.3 Å². The number of hydrogen-bond acceptors (Lipinski definition) is 2. The highest BCUT2D eigenvalue weighted by molar-refractivity contribution is 5.94. The molecule has 1 aromatic rings. The zero-order valence-corrected chi connectivity index (χ0v) is 9.21. The maximum atomic E-state index is 13.3. The molecule has 92 valence electrons. The second-order valence-electron chi connectivity index (χ2n) is 3.97. The number of rotatable bonds is 3. The lowest BCUT2D eigenvalue weighted by molar-refractivity contribution is 0.0854. The van der Waals surface area contributed by atoms with E-state index in [-0.39, 0.29) is 11.7 Å². The second kappa shape index (κ2) is 5.23. The fourth-order valence-electron chi connectivity index (χ4n) is 1.78. The van der Waals surface area contributed by atoms with Crippen molar-refractivity contribution in [3.63, 3.8) is 0 Å². The first-order valence-electron chi connectivity index (χ1n) is 5.51. The highest BCUT2D eigenvalue weighted by Gasteiger charge is 2.18. The molecular weight excluding hydrogens is 228 g/mol. The Labute approximate surface area is 97.8 Å². The molecule has 0 radical (unpaired) electrons. The molecule has 0 aromatic heterocycles. The van der Waals surface area contributed by atoms with Crippen molar-refractivity contribution in [2.24, 2.45) is 0 Å². The Morgan fingerprint density at radius 3 is 2.94 bits per heavy atom. The lowest BCUT2D eigenvalue weighted by atomic mass is 10.2. The second-order valence-corrected chi connectivity index (χ2v) is 3.97. The predicted molar refractivity (Wildman–Crippen MR) is 57.7 cm³/mol. The van der Waals surface area contributed by atoms with Crippen LogP contribution >= 0.6 is 0 Å². The molecule has 0 unspecified atom stereocenters. The molecule has 1 aliphatic heterocycles. The van der Waals surface area contributed by atoms with Crippen molar-refractivity contribution >= 4 is 5.91 Å². The van der Waals surface area contributed by atoms with Crippen LogP contribution in [-0.2, 0) is 4.74 Å². The van der Waals surface area contributed by atoms with Gasteiger partial charge < -0.3 is 10.1 Å². The number of amides is 1. The summed E-state index contributed by atoms with van der Waals surface area (Å²) in [7, 11) is 0. The third-order valence-electron chi connectivity index (χ3n) is 2.69. The van der Waals surface area contributed by atoms with E-state index in [2.05, 4.69) is 5.32 Å². The highest BCUT2D eigenvalue weighted by atomic mass is 19.1. The third kappa shape index (κ3) is 3.00. The largest absolute Gasteiger partial charge is 0.376 e. The molecule has 1 aromatic carbocycles. The zero-order chi connectivity index (χ0) is 12.3. The van der Waals surface area contributed by atoms with Crippen LogP contribution in [-0.4, -0.2) is 25.2 Å². The van der Waals surface area contributed by atoms with E-state index < -0.39 is 17.5 Å². The molecule has 1 fully saturated rings. The number of nitrogens with one attached hydrogen (secondary N) is 1. The van der Waals surface area contributed by atoms with Gasteiger partial charge in [0, 0.05) is 19.2 Å². The molecule has 0 spiro atoms. The molecule has 1 atom stereocenters. The average molecular weight is 241 g/mol. The molecule has 5 heteroatoms. The number of carbonyl (C=O) groups is 1. The van der Waals surface area contributed by atoms with Crippen LogP contribution in [0.15, 0.2) is 18.2 Å². The van der Waals surface area contributed by atoms with E-state index in [0.29, 0.717) is 19.2 Å². The van der Waals surface area contributed by atoms with Crippen LogP contribution in [0.2, 0.25) is 0 Å². The molecule has 0 saturated carbocycles. The first kappa shape index (κ1) is 12.0. The minimum absolute atomic E-state index is 0.00228. The maximum absolute atomic E-state index is 13.3. The van der Waals surface area contributed by atoms with Crippen LogP contribution < -0.4 is 5.32 Å². The van der Waals surface area contributed by atoms with E-state index in [1.54, 1.807) is 0 Å². The standard InChI is InChI=1S/C12H13F2NO2/c13-8-3-4-10(11(14)6-8)12(16)15-7-9-2-1-5-17-9/h3-4,6,9H,1-2,5,7H2,(H,15,16)/t9-/m1/s1. The Balaban J connectivity index is 1.94. The van der Waals surface area contributed by atoms with Crippen LogP contribution in [0.4, 0.5) is 8.78 Å². The van der Waals surface area contributed by atoms with E-state index in [4.69, 9.17) is 4.74 Å². The van der Waals surface area contributed by atoms with Gasteiger partial charge in [0.2, 0.25) is 0 Å². The molecule has 1 saturated heterocycles. The van der Waals surface area contributed by atoms with Crippen LogP contribution in [0.5, 0.6) is 0 Å². The van der Waals surface area contributed by atoms with E-state index in [1.165, 1.54) is 0 Å². The summed E-state index contributed by atoms with van der Waals surface area (Å²) >= 11 is 0. The van der Waals surface area contributed by atoms with Crippen LogP contribution in [0.25, 0.3) is 0 Å². The Bertz CT molecular complexity index is 417. The molecule has 1 N–H and O–H groups in total. The Morgan fingerprint density at radius 2 is 2.29 bits per heavy atom. The normalized spacial score (nSPS) is 19.3. The minimum atomic E-state index is -0.852. The fourth-order valence-corrected chi connectivity index (χ4v) is 1.78. The maximum Gasteiger partial charge on any atom is 0.254 e. The predicted octanol–water partition coefficient (Wildman–Crippen LogP) is 1.87. The van der Waals surface area contributed by atoms with E-state index in [1.807, 2.05) is 0 Å². The summed E-state index contributed by atoms with van der Waals surface area (Å²) < 4.78 is 31.2. The minimum Gasteiger partial charge on any atom is -0.376 e. The molecule has 0 bridgehead atoms. The monoisotopic (exact) mass is 241 g/mol. The Kier molecular flexibility index (Phi) is 3.68. The van der Waals surface area contributed by atoms with Crippen LogP contribution in [0.3, 0.4) is 0 Å². The summed E-state index contributed by atoms with van der Waals surface area (Å²) in [6, 6.07) is 2.89. The Hall–Kier alpha value is -1.49. The van der Waals surface area contributed by atoms with E-state index in [0.717, 1.165) is 25.0 Å². The van der Waals surface area contributed by atoms with Crippen molar-refractivity contribution in [3.8, 4) is 0 Å². The van der Waals surface area contributed by atoms with Gasteiger partial charge in [-0.1, -0.05) is 0 Å². The van der Waals surface area contributed by atoms with Gasteiger partial charge in [-0.25, -0.2) is 8.78 Å². The molecule has 3 nitrogen and oxygen atoms in total. The van der Waals surface area contributed by atoms with E-state index >= 15 is 0 Å². The first-order chi connectivity index (χ1) is 8.16. The van der Waals surface area contributed by atoms with Crippen molar-refractivity contribution in [2.45, 2.75) is 18.9 Å². The van der Waals surface area contributed by atoms with Gasteiger partial charge in [-0.05, 0) is 25.0 Å². The van der Waals surface area contributed by atoms with Crippen LogP contribution in [0, 0.1) is 11.6 Å². The summed E-state index contributed by atoms with van der Waals surface area (Å²) in [5.41, 5.74) is -0.149. The van der Waals surface area contributed by atoms with Gasteiger partial charge in [0.25, 0.3) is 5.91 Å².